The van der Waals surface area contributed by atoms with E-state index >= 15 is 0 Å². The highest BCUT2D eigenvalue weighted by atomic mass is 35.5. The van der Waals surface area contributed by atoms with Gasteiger partial charge in [0.2, 0.25) is 0 Å². The lowest BCUT2D eigenvalue weighted by Crippen LogP contribution is -1.97. The van der Waals surface area contributed by atoms with E-state index in [1.54, 1.807) is 11.8 Å². The van der Waals surface area contributed by atoms with E-state index in [2.05, 4.69) is 30.7 Å². The van der Waals surface area contributed by atoms with E-state index < -0.39 is 0 Å². The van der Waals surface area contributed by atoms with Crippen molar-refractivity contribution in [2.75, 3.05) is 0 Å². The number of nitrogens with zero attached hydrogens (tertiary/aromatic N) is 2. The van der Waals surface area contributed by atoms with E-state index in [9.17, 15) is 0 Å². The van der Waals surface area contributed by atoms with Gasteiger partial charge in [-0.1, -0.05) is 32.4 Å². The highest BCUT2D eigenvalue weighted by molar-refractivity contribution is 7.99. The van der Waals surface area contributed by atoms with Gasteiger partial charge in [0.1, 0.15) is 16.0 Å². The molecule has 1 heterocycles. The molecule has 0 N–H and O–H groups in total. The van der Waals surface area contributed by atoms with Gasteiger partial charge in [0.15, 0.2) is 0 Å². The molecule has 2 nitrogen and oxygen atoms in total. The molecular weight excluding hydrogens is 216 g/mol. The number of aromatic nitrogens is 2. The SMILES string of the molecule is CCCc1nc(Cl)cc(SC(C)C)n1. The van der Waals surface area contributed by atoms with Crippen LogP contribution in [0.5, 0.6) is 0 Å². The number of hydrogen-bond donors (Lipinski definition) is 0. The molecule has 0 atom stereocenters. The van der Waals surface area contributed by atoms with Gasteiger partial charge >= 0.3 is 0 Å². The van der Waals surface area contributed by atoms with Gasteiger partial charge in [0, 0.05) is 17.7 Å². The molecule has 0 spiro atoms. The molecule has 4 heteroatoms. The Kier molecular flexibility index (Phi) is 4.69. The first-order valence-electron chi connectivity index (χ1n) is 4.82. The molecular formula is C10H15ClN2S. The molecule has 1 rings (SSSR count). The van der Waals surface area contributed by atoms with E-state index in [4.69, 9.17) is 11.6 Å². The van der Waals surface area contributed by atoms with Crippen LogP contribution in [-0.4, -0.2) is 15.2 Å². The molecule has 78 valence electrons. The van der Waals surface area contributed by atoms with Crippen LogP contribution in [0.4, 0.5) is 0 Å². The Morgan fingerprint density at radius 1 is 1.43 bits per heavy atom. The van der Waals surface area contributed by atoms with Crippen molar-refractivity contribution in [3.63, 3.8) is 0 Å². The zero-order valence-electron chi connectivity index (χ0n) is 8.75. The lowest BCUT2D eigenvalue weighted by Gasteiger charge is -2.05. The van der Waals surface area contributed by atoms with E-state index in [-0.39, 0.29) is 0 Å². The molecule has 0 bridgehead atoms. The van der Waals surface area contributed by atoms with Crippen molar-refractivity contribution in [1.29, 1.82) is 0 Å². The first-order chi connectivity index (χ1) is 6.61. The summed E-state index contributed by atoms with van der Waals surface area (Å²) >= 11 is 7.62. The second-order valence-electron chi connectivity index (χ2n) is 3.36. The van der Waals surface area contributed by atoms with E-state index in [1.807, 2.05) is 6.07 Å². The fourth-order valence-corrected chi connectivity index (χ4v) is 2.17. The Balaban J connectivity index is 2.83. The summed E-state index contributed by atoms with van der Waals surface area (Å²) in [6.45, 7) is 6.39. The quantitative estimate of drug-likeness (QED) is 0.584. The van der Waals surface area contributed by atoms with Crippen molar-refractivity contribution in [2.45, 2.75) is 43.9 Å². The summed E-state index contributed by atoms with van der Waals surface area (Å²) in [5, 5.41) is 2.05. The van der Waals surface area contributed by atoms with Crippen LogP contribution in [0, 0.1) is 0 Å². The number of thioether (sulfide) groups is 1. The minimum atomic E-state index is 0.524. The van der Waals surface area contributed by atoms with Gasteiger partial charge in [-0.05, 0) is 6.42 Å². The van der Waals surface area contributed by atoms with Crippen molar-refractivity contribution >= 4 is 23.4 Å². The Labute approximate surface area is 94.5 Å². The van der Waals surface area contributed by atoms with Crippen LogP contribution in [0.1, 0.15) is 33.0 Å². The smallest absolute Gasteiger partial charge is 0.133 e. The van der Waals surface area contributed by atoms with Gasteiger partial charge in [-0.15, -0.1) is 11.8 Å². The molecule has 0 aromatic carbocycles. The highest BCUT2D eigenvalue weighted by Crippen LogP contribution is 2.23. The third-order valence-corrected chi connectivity index (χ3v) is 2.66. The van der Waals surface area contributed by atoms with E-state index in [0.29, 0.717) is 10.4 Å². The minimum absolute atomic E-state index is 0.524. The van der Waals surface area contributed by atoms with Crippen LogP contribution in [0.15, 0.2) is 11.1 Å². The van der Waals surface area contributed by atoms with Crippen molar-refractivity contribution in [2.24, 2.45) is 0 Å². The molecule has 1 aromatic heterocycles. The van der Waals surface area contributed by atoms with Crippen molar-refractivity contribution < 1.29 is 0 Å². The normalized spacial score (nSPS) is 10.9. The molecule has 0 saturated heterocycles. The van der Waals surface area contributed by atoms with Crippen LogP contribution in [0.25, 0.3) is 0 Å². The van der Waals surface area contributed by atoms with Crippen molar-refractivity contribution in [1.82, 2.24) is 9.97 Å². The van der Waals surface area contributed by atoms with E-state index in [1.165, 1.54) is 0 Å². The van der Waals surface area contributed by atoms with Gasteiger partial charge in [0.25, 0.3) is 0 Å². The van der Waals surface area contributed by atoms with Crippen LogP contribution in [0.3, 0.4) is 0 Å². The number of halogens is 1. The summed E-state index contributed by atoms with van der Waals surface area (Å²) in [6.07, 6.45) is 1.94. The predicted molar refractivity (Wildman–Crippen MR) is 62.0 cm³/mol. The highest BCUT2D eigenvalue weighted by Gasteiger charge is 2.04. The summed E-state index contributed by atoms with van der Waals surface area (Å²) in [5.41, 5.74) is 0. The maximum atomic E-state index is 5.90. The Morgan fingerprint density at radius 2 is 2.14 bits per heavy atom. The summed E-state index contributed by atoms with van der Waals surface area (Å²) in [7, 11) is 0. The van der Waals surface area contributed by atoms with Crippen LogP contribution in [-0.2, 0) is 6.42 Å². The zero-order valence-corrected chi connectivity index (χ0v) is 10.3. The molecule has 0 aliphatic rings. The van der Waals surface area contributed by atoms with Crippen LogP contribution in [0.2, 0.25) is 5.15 Å². The molecule has 1 aromatic rings. The first-order valence-corrected chi connectivity index (χ1v) is 6.07. The Hall–Kier alpha value is -0.280. The first kappa shape index (κ1) is 11.8. The van der Waals surface area contributed by atoms with Crippen molar-refractivity contribution in [3.8, 4) is 0 Å². The summed E-state index contributed by atoms with van der Waals surface area (Å²) in [6, 6.07) is 1.82. The average molecular weight is 231 g/mol. The summed E-state index contributed by atoms with van der Waals surface area (Å²) in [4.78, 5) is 8.60. The molecule has 0 unspecified atom stereocenters. The second-order valence-corrected chi connectivity index (χ2v) is 5.35. The van der Waals surface area contributed by atoms with E-state index in [0.717, 1.165) is 23.7 Å². The maximum absolute atomic E-state index is 5.90. The fraction of sp³-hybridized carbons (Fsp3) is 0.600. The Bertz CT molecular complexity index is 302. The minimum Gasteiger partial charge on any atom is -0.226 e. The molecule has 0 fully saturated rings. The molecule has 14 heavy (non-hydrogen) atoms. The number of aryl methyl sites for hydroxylation is 1. The van der Waals surface area contributed by atoms with Gasteiger partial charge in [0.05, 0.1) is 0 Å². The predicted octanol–water partition coefficient (Wildman–Crippen LogP) is 3.58. The molecule has 0 aliphatic heterocycles. The lowest BCUT2D eigenvalue weighted by atomic mass is 10.3. The van der Waals surface area contributed by atoms with Crippen molar-refractivity contribution in [3.05, 3.63) is 17.0 Å². The Morgan fingerprint density at radius 3 is 2.71 bits per heavy atom. The van der Waals surface area contributed by atoms with Gasteiger partial charge < -0.3 is 0 Å². The molecule has 0 aliphatic carbocycles. The monoisotopic (exact) mass is 230 g/mol. The second kappa shape index (κ2) is 5.56. The van der Waals surface area contributed by atoms with Gasteiger partial charge in [-0.3, -0.25) is 0 Å². The third kappa shape index (κ3) is 3.84. The van der Waals surface area contributed by atoms with Gasteiger partial charge in [-0.25, -0.2) is 9.97 Å². The lowest BCUT2D eigenvalue weighted by molar-refractivity contribution is 0.809. The molecule has 0 amide bonds. The number of hydrogen-bond acceptors (Lipinski definition) is 3. The average Bonchev–Trinajstić information content (AvgIpc) is 2.01. The zero-order chi connectivity index (χ0) is 10.6. The van der Waals surface area contributed by atoms with Crippen LogP contribution >= 0.6 is 23.4 Å². The topological polar surface area (TPSA) is 25.8 Å². The van der Waals surface area contributed by atoms with Crippen LogP contribution < -0.4 is 0 Å². The number of rotatable bonds is 4. The fourth-order valence-electron chi connectivity index (χ4n) is 1.08. The largest absolute Gasteiger partial charge is 0.226 e. The summed E-state index contributed by atoms with van der Waals surface area (Å²) in [5.74, 6) is 0.850. The standard InChI is InChI=1S/C10H15ClN2S/c1-4-5-9-12-8(11)6-10(13-9)14-7(2)3/h6-7H,4-5H2,1-3H3. The third-order valence-electron chi connectivity index (χ3n) is 1.55. The molecule has 0 radical (unpaired) electrons. The van der Waals surface area contributed by atoms with Gasteiger partial charge in [-0.2, -0.15) is 0 Å². The maximum Gasteiger partial charge on any atom is 0.133 e. The molecule has 0 saturated carbocycles. The summed E-state index contributed by atoms with van der Waals surface area (Å²) < 4.78 is 0.